The monoisotopic (exact) mass is 198 g/mol. The van der Waals surface area contributed by atoms with Crippen molar-refractivity contribution in [2.24, 2.45) is 5.73 Å². The Morgan fingerprint density at radius 3 is 2.92 bits per heavy atom. The van der Waals surface area contributed by atoms with Gasteiger partial charge in [-0.3, -0.25) is 5.32 Å². The van der Waals surface area contributed by atoms with Crippen molar-refractivity contribution in [2.45, 2.75) is 37.1 Å². The van der Waals surface area contributed by atoms with Crippen LogP contribution in [0.15, 0.2) is 0 Å². The molecule has 74 valence electrons. The van der Waals surface area contributed by atoms with E-state index in [0.717, 1.165) is 6.42 Å². The molecule has 1 heterocycles. The lowest BCUT2D eigenvalue weighted by Crippen LogP contribution is -2.57. The van der Waals surface area contributed by atoms with E-state index in [1.54, 1.807) is 0 Å². The molecule has 3 unspecified atom stereocenters. The van der Waals surface area contributed by atoms with Crippen LogP contribution in [0.5, 0.6) is 0 Å². The van der Waals surface area contributed by atoms with Gasteiger partial charge in [-0.15, -0.1) is 6.42 Å². The zero-order valence-corrected chi connectivity index (χ0v) is 9.16. The number of thioether (sulfide) groups is 1. The highest BCUT2D eigenvalue weighted by atomic mass is 32.2. The fourth-order valence-electron chi connectivity index (χ4n) is 1.77. The van der Waals surface area contributed by atoms with Gasteiger partial charge in [-0.2, -0.15) is 11.8 Å². The first-order valence-electron chi connectivity index (χ1n) is 4.70. The first-order chi connectivity index (χ1) is 6.14. The lowest BCUT2D eigenvalue weighted by Gasteiger charge is -2.34. The summed E-state index contributed by atoms with van der Waals surface area (Å²) in [5, 5.41) is 4.02. The second-order valence-corrected chi connectivity index (χ2v) is 5.10. The molecule has 0 saturated carbocycles. The zero-order chi connectivity index (χ0) is 9.90. The quantitative estimate of drug-likeness (QED) is 0.659. The number of terminal acetylenes is 1. The van der Waals surface area contributed by atoms with Crippen molar-refractivity contribution in [3.05, 3.63) is 0 Å². The summed E-state index contributed by atoms with van der Waals surface area (Å²) < 4.78 is 0. The molecule has 1 saturated heterocycles. The molecule has 1 aliphatic heterocycles. The van der Waals surface area contributed by atoms with Crippen LogP contribution >= 0.6 is 11.8 Å². The summed E-state index contributed by atoms with van der Waals surface area (Å²) in [7, 11) is 0. The first kappa shape index (κ1) is 10.9. The predicted octanol–water partition coefficient (Wildman–Crippen LogP) is 0.821. The molecule has 0 radical (unpaired) electrons. The van der Waals surface area contributed by atoms with Crippen molar-refractivity contribution in [2.75, 3.05) is 12.3 Å². The van der Waals surface area contributed by atoms with E-state index in [1.807, 2.05) is 18.7 Å². The van der Waals surface area contributed by atoms with Crippen LogP contribution in [0.3, 0.4) is 0 Å². The van der Waals surface area contributed by atoms with Gasteiger partial charge in [0.05, 0.1) is 6.04 Å². The summed E-state index contributed by atoms with van der Waals surface area (Å²) in [6.45, 7) is 4.90. The summed E-state index contributed by atoms with van der Waals surface area (Å²) in [6.07, 6.45) is 6.48. The Morgan fingerprint density at radius 2 is 2.54 bits per heavy atom. The van der Waals surface area contributed by atoms with Gasteiger partial charge in [-0.1, -0.05) is 12.8 Å². The first-order valence-corrected chi connectivity index (χ1v) is 5.75. The van der Waals surface area contributed by atoms with E-state index in [-0.39, 0.29) is 11.6 Å². The lowest BCUT2D eigenvalue weighted by molar-refractivity contribution is 0.322. The van der Waals surface area contributed by atoms with Gasteiger partial charge >= 0.3 is 0 Å². The molecule has 0 amide bonds. The number of nitrogens with one attached hydrogen (secondary N) is 1. The van der Waals surface area contributed by atoms with E-state index in [1.165, 1.54) is 5.75 Å². The Hall–Kier alpha value is -0.170. The van der Waals surface area contributed by atoms with Crippen molar-refractivity contribution in [1.82, 2.24) is 5.32 Å². The fraction of sp³-hybridized carbons (Fsp3) is 0.800. The van der Waals surface area contributed by atoms with Gasteiger partial charge in [-0.25, -0.2) is 0 Å². The van der Waals surface area contributed by atoms with Gasteiger partial charge in [0.15, 0.2) is 0 Å². The van der Waals surface area contributed by atoms with Gasteiger partial charge in [0.25, 0.3) is 0 Å². The third kappa shape index (κ3) is 2.19. The lowest BCUT2D eigenvalue weighted by atomic mass is 9.92. The predicted molar refractivity (Wildman–Crippen MR) is 59.8 cm³/mol. The van der Waals surface area contributed by atoms with Gasteiger partial charge in [0, 0.05) is 17.3 Å². The Bertz CT molecular complexity index is 211. The molecule has 3 heteroatoms. The summed E-state index contributed by atoms with van der Waals surface area (Å²) in [4.78, 5) is 0. The minimum atomic E-state index is 0.0659. The van der Waals surface area contributed by atoms with Crippen molar-refractivity contribution in [3.8, 4) is 12.3 Å². The molecule has 3 atom stereocenters. The maximum absolute atomic E-state index is 5.82. The van der Waals surface area contributed by atoms with Gasteiger partial charge in [-0.05, 0) is 19.1 Å². The smallest absolute Gasteiger partial charge is 0.0663 e. The average Bonchev–Trinajstić information content (AvgIpc) is 2.48. The van der Waals surface area contributed by atoms with Crippen LogP contribution in [0.4, 0.5) is 0 Å². The van der Waals surface area contributed by atoms with Gasteiger partial charge in [0.1, 0.15) is 0 Å². The molecule has 13 heavy (non-hydrogen) atoms. The summed E-state index contributed by atoms with van der Waals surface area (Å²) in [6, 6.07) is 0.115. The van der Waals surface area contributed by atoms with E-state index in [2.05, 4.69) is 18.2 Å². The second-order valence-electron chi connectivity index (χ2n) is 3.66. The van der Waals surface area contributed by atoms with Crippen molar-refractivity contribution >= 4 is 11.8 Å². The SMILES string of the molecule is C#CC(C)NC1(CN)CCSC1C. The molecular formula is C10H18N2S. The second kappa shape index (κ2) is 4.36. The van der Waals surface area contributed by atoms with Crippen molar-refractivity contribution < 1.29 is 0 Å². The molecule has 0 aromatic heterocycles. The van der Waals surface area contributed by atoms with Crippen LogP contribution < -0.4 is 11.1 Å². The van der Waals surface area contributed by atoms with E-state index in [9.17, 15) is 0 Å². The maximum Gasteiger partial charge on any atom is 0.0663 e. The van der Waals surface area contributed by atoms with Crippen LogP contribution in [0.2, 0.25) is 0 Å². The maximum atomic E-state index is 5.82. The number of hydrogen-bond acceptors (Lipinski definition) is 3. The highest BCUT2D eigenvalue weighted by molar-refractivity contribution is 8.00. The molecule has 0 aromatic rings. The normalized spacial score (nSPS) is 35.7. The zero-order valence-electron chi connectivity index (χ0n) is 8.34. The number of hydrogen-bond donors (Lipinski definition) is 2. The Balaban J connectivity index is 2.65. The Kier molecular flexibility index (Phi) is 3.66. The third-order valence-corrected chi connectivity index (χ3v) is 4.20. The molecule has 0 aromatic carbocycles. The average molecular weight is 198 g/mol. The van der Waals surface area contributed by atoms with Crippen molar-refractivity contribution in [1.29, 1.82) is 0 Å². The minimum absolute atomic E-state index is 0.0659. The third-order valence-electron chi connectivity index (χ3n) is 2.81. The Morgan fingerprint density at radius 1 is 1.85 bits per heavy atom. The fourth-order valence-corrected chi connectivity index (χ4v) is 3.21. The molecule has 1 fully saturated rings. The molecule has 1 rings (SSSR count). The van der Waals surface area contributed by atoms with E-state index < -0.39 is 0 Å². The topological polar surface area (TPSA) is 38.0 Å². The van der Waals surface area contributed by atoms with Gasteiger partial charge < -0.3 is 5.73 Å². The molecule has 0 bridgehead atoms. The van der Waals surface area contributed by atoms with E-state index >= 15 is 0 Å². The summed E-state index contributed by atoms with van der Waals surface area (Å²) >= 11 is 1.97. The van der Waals surface area contributed by atoms with Crippen LogP contribution in [0, 0.1) is 12.3 Å². The standard InChI is InChI=1S/C10H18N2S/c1-4-8(2)12-10(7-11)5-6-13-9(10)3/h1,8-9,12H,5-7,11H2,2-3H3. The minimum Gasteiger partial charge on any atom is -0.329 e. The number of rotatable bonds is 3. The van der Waals surface area contributed by atoms with Crippen LogP contribution in [0.1, 0.15) is 20.3 Å². The van der Waals surface area contributed by atoms with Gasteiger partial charge in [0.2, 0.25) is 0 Å². The van der Waals surface area contributed by atoms with E-state index in [4.69, 9.17) is 12.2 Å². The Labute approximate surface area is 85.0 Å². The number of nitrogens with two attached hydrogens (primary N) is 1. The van der Waals surface area contributed by atoms with Crippen LogP contribution in [-0.4, -0.2) is 29.1 Å². The van der Waals surface area contributed by atoms with Crippen LogP contribution in [-0.2, 0) is 0 Å². The molecule has 1 aliphatic rings. The van der Waals surface area contributed by atoms with Crippen LogP contribution in [0.25, 0.3) is 0 Å². The van der Waals surface area contributed by atoms with Crippen molar-refractivity contribution in [3.63, 3.8) is 0 Å². The highest BCUT2D eigenvalue weighted by Gasteiger charge is 2.40. The summed E-state index contributed by atoms with van der Waals surface area (Å²) in [5.41, 5.74) is 5.88. The summed E-state index contributed by atoms with van der Waals surface area (Å²) in [5.74, 6) is 3.88. The molecular weight excluding hydrogens is 180 g/mol. The molecule has 3 N–H and O–H groups in total. The van der Waals surface area contributed by atoms with E-state index in [0.29, 0.717) is 11.8 Å². The largest absolute Gasteiger partial charge is 0.329 e. The molecule has 2 nitrogen and oxygen atoms in total. The molecule has 0 aliphatic carbocycles. The highest BCUT2D eigenvalue weighted by Crippen LogP contribution is 2.35. The molecule has 0 spiro atoms.